The Morgan fingerprint density at radius 2 is 1.83 bits per heavy atom. The van der Waals surface area contributed by atoms with Crippen LogP contribution in [0.1, 0.15) is 24.2 Å². The monoisotopic (exact) mass is 404 g/mol. The average Bonchev–Trinajstić information content (AvgIpc) is 3.27. The van der Waals surface area contributed by atoms with Crippen molar-refractivity contribution < 1.29 is 14.3 Å². The molecule has 1 aliphatic heterocycles. The van der Waals surface area contributed by atoms with Gasteiger partial charge in [-0.3, -0.25) is 9.59 Å². The summed E-state index contributed by atoms with van der Waals surface area (Å²) in [7, 11) is 1.61. The van der Waals surface area contributed by atoms with Crippen molar-refractivity contribution in [2.45, 2.75) is 19.4 Å². The van der Waals surface area contributed by atoms with Gasteiger partial charge in [0.25, 0.3) is 5.91 Å². The molecule has 30 heavy (non-hydrogen) atoms. The molecule has 0 unspecified atom stereocenters. The molecule has 7 nitrogen and oxygen atoms in total. The van der Waals surface area contributed by atoms with Gasteiger partial charge in [-0.1, -0.05) is 6.07 Å². The van der Waals surface area contributed by atoms with Crippen molar-refractivity contribution in [3.05, 3.63) is 72.6 Å². The molecule has 2 amide bonds. The standard InChI is InChI=1S/C23H24N4O3/c1-23(2)16-25(15-21(28)27(23)18-8-10-20(30-3)11-9-18)22(29)17-6-4-7-19(14-17)26-13-5-12-24-26/h4-14H,15-16H2,1-3H3. The summed E-state index contributed by atoms with van der Waals surface area (Å²) in [6, 6.07) is 16.5. The van der Waals surface area contributed by atoms with Crippen LogP contribution in [0.4, 0.5) is 5.69 Å². The topological polar surface area (TPSA) is 67.7 Å². The zero-order valence-corrected chi connectivity index (χ0v) is 17.3. The number of amides is 2. The maximum atomic E-state index is 13.2. The van der Waals surface area contributed by atoms with Crippen molar-refractivity contribution in [1.82, 2.24) is 14.7 Å². The number of benzene rings is 2. The lowest BCUT2D eigenvalue weighted by atomic mass is 9.96. The Morgan fingerprint density at radius 1 is 1.07 bits per heavy atom. The van der Waals surface area contributed by atoms with E-state index in [9.17, 15) is 9.59 Å². The van der Waals surface area contributed by atoms with Crippen LogP contribution >= 0.6 is 0 Å². The Morgan fingerprint density at radius 3 is 2.47 bits per heavy atom. The molecule has 1 aliphatic rings. The highest BCUT2D eigenvalue weighted by molar-refractivity contribution is 6.02. The molecule has 0 saturated carbocycles. The molecule has 7 heteroatoms. The molecule has 3 aromatic rings. The van der Waals surface area contributed by atoms with E-state index in [4.69, 9.17) is 4.74 Å². The van der Waals surface area contributed by atoms with Crippen LogP contribution in [-0.4, -0.2) is 52.2 Å². The lowest BCUT2D eigenvalue weighted by Gasteiger charge is -2.46. The second-order valence-corrected chi connectivity index (χ2v) is 7.90. The number of hydrogen-bond acceptors (Lipinski definition) is 4. The zero-order chi connectivity index (χ0) is 21.3. The Labute approximate surface area is 175 Å². The van der Waals surface area contributed by atoms with E-state index in [0.29, 0.717) is 12.1 Å². The predicted octanol–water partition coefficient (Wildman–Crippen LogP) is 3.15. The van der Waals surface area contributed by atoms with Gasteiger partial charge in [0.05, 0.1) is 18.3 Å². The second kappa shape index (κ2) is 7.67. The van der Waals surface area contributed by atoms with Crippen molar-refractivity contribution in [2.24, 2.45) is 0 Å². The first-order chi connectivity index (χ1) is 14.4. The van der Waals surface area contributed by atoms with Gasteiger partial charge in [-0.05, 0) is 62.4 Å². The van der Waals surface area contributed by atoms with Gasteiger partial charge in [0.15, 0.2) is 0 Å². The number of carbonyl (C=O) groups is 2. The first kappa shape index (κ1) is 19.7. The van der Waals surface area contributed by atoms with Crippen molar-refractivity contribution >= 4 is 17.5 Å². The number of carbonyl (C=O) groups excluding carboxylic acids is 2. The quantitative estimate of drug-likeness (QED) is 0.670. The van der Waals surface area contributed by atoms with Gasteiger partial charge in [-0.2, -0.15) is 5.10 Å². The number of anilines is 1. The zero-order valence-electron chi connectivity index (χ0n) is 17.3. The molecule has 154 valence electrons. The minimum absolute atomic E-state index is 0.0281. The third-order valence-electron chi connectivity index (χ3n) is 5.24. The molecule has 2 heterocycles. The summed E-state index contributed by atoms with van der Waals surface area (Å²) in [5.74, 6) is 0.447. The van der Waals surface area contributed by atoms with Crippen molar-refractivity contribution in [3.63, 3.8) is 0 Å². The molecule has 0 bridgehead atoms. The summed E-state index contributed by atoms with van der Waals surface area (Å²) in [5.41, 5.74) is 1.57. The summed E-state index contributed by atoms with van der Waals surface area (Å²) in [6.45, 7) is 4.39. The summed E-state index contributed by atoms with van der Waals surface area (Å²) in [6.07, 6.45) is 3.51. The fraction of sp³-hybridized carbons (Fsp3) is 0.261. The predicted molar refractivity (Wildman–Crippen MR) is 114 cm³/mol. The van der Waals surface area contributed by atoms with E-state index >= 15 is 0 Å². The molecule has 0 N–H and O–H groups in total. The van der Waals surface area contributed by atoms with Gasteiger partial charge in [0, 0.05) is 30.2 Å². The molecule has 0 aliphatic carbocycles. The minimum atomic E-state index is -0.556. The third-order valence-corrected chi connectivity index (χ3v) is 5.24. The van der Waals surface area contributed by atoms with E-state index in [1.54, 1.807) is 39.9 Å². The fourth-order valence-corrected chi connectivity index (χ4v) is 3.92. The van der Waals surface area contributed by atoms with Gasteiger partial charge in [-0.25, -0.2) is 4.68 Å². The van der Waals surface area contributed by atoms with E-state index in [1.807, 2.05) is 62.5 Å². The fourth-order valence-electron chi connectivity index (χ4n) is 3.92. The van der Waals surface area contributed by atoms with Crippen LogP contribution in [0.15, 0.2) is 67.0 Å². The third kappa shape index (κ3) is 3.66. The van der Waals surface area contributed by atoms with Crippen LogP contribution in [0.3, 0.4) is 0 Å². The van der Waals surface area contributed by atoms with E-state index in [2.05, 4.69) is 5.10 Å². The van der Waals surface area contributed by atoms with Gasteiger partial charge >= 0.3 is 0 Å². The van der Waals surface area contributed by atoms with Crippen LogP contribution in [0.5, 0.6) is 5.75 Å². The number of piperazine rings is 1. The number of ether oxygens (including phenoxy) is 1. The van der Waals surface area contributed by atoms with Crippen LogP contribution in [0.2, 0.25) is 0 Å². The average molecular weight is 404 g/mol. The summed E-state index contributed by atoms with van der Waals surface area (Å²) in [4.78, 5) is 29.6. The molecule has 2 aromatic carbocycles. The summed E-state index contributed by atoms with van der Waals surface area (Å²) >= 11 is 0. The van der Waals surface area contributed by atoms with E-state index in [1.165, 1.54) is 0 Å². The molecule has 0 atom stereocenters. The van der Waals surface area contributed by atoms with Gasteiger partial charge < -0.3 is 14.5 Å². The largest absolute Gasteiger partial charge is 0.497 e. The van der Waals surface area contributed by atoms with E-state index in [-0.39, 0.29) is 18.4 Å². The van der Waals surface area contributed by atoms with Crippen molar-refractivity contribution in [2.75, 3.05) is 25.1 Å². The van der Waals surface area contributed by atoms with Crippen LogP contribution < -0.4 is 9.64 Å². The first-order valence-electron chi connectivity index (χ1n) is 9.75. The summed E-state index contributed by atoms with van der Waals surface area (Å²) < 4.78 is 6.91. The van der Waals surface area contributed by atoms with Crippen LogP contribution in [0, 0.1) is 0 Å². The lowest BCUT2D eigenvalue weighted by molar-refractivity contribution is -0.122. The Hall–Kier alpha value is -3.61. The van der Waals surface area contributed by atoms with Crippen LogP contribution in [-0.2, 0) is 4.79 Å². The number of hydrogen-bond donors (Lipinski definition) is 0. The second-order valence-electron chi connectivity index (χ2n) is 7.90. The molecule has 1 fully saturated rings. The van der Waals surface area contributed by atoms with Gasteiger partial charge in [0.2, 0.25) is 5.91 Å². The lowest BCUT2D eigenvalue weighted by Crippen LogP contribution is -2.63. The highest BCUT2D eigenvalue weighted by Crippen LogP contribution is 2.30. The molecule has 4 rings (SSSR count). The highest BCUT2D eigenvalue weighted by atomic mass is 16.5. The van der Waals surface area contributed by atoms with E-state index < -0.39 is 5.54 Å². The minimum Gasteiger partial charge on any atom is -0.497 e. The Bertz CT molecular complexity index is 1060. The van der Waals surface area contributed by atoms with Crippen LogP contribution in [0.25, 0.3) is 5.69 Å². The number of methoxy groups -OCH3 is 1. The smallest absolute Gasteiger partial charge is 0.254 e. The van der Waals surface area contributed by atoms with E-state index in [0.717, 1.165) is 17.1 Å². The van der Waals surface area contributed by atoms with Gasteiger partial charge in [0.1, 0.15) is 12.3 Å². The number of rotatable bonds is 4. The molecular formula is C23H24N4O3. The van der Waals surface area contributed by atoms with Crippen molar-refractivity contribution in [1.29, 1.82) is 0 Å². The van der Waals surface area contributed by atoms with Crippen molar-refractivity contribution in [3.8, 4) is 11.4 Å². The maximum Gasteiger partial charge on any atom is 0.254 e. The molecule has 1 saturated heterocycles. The maximum absolute atomic E-state index is 13.2. The number of aromatic nitrogens is 2. The molecule has 0 radical (unpaired) electrons. The first-order valence-corrected chi connectivity index (χ1v) is 9.75. The summed E-state index contributed by atoms with van der Waals surface area (Å²) in [5, 5.41) is 4.21. The van der Waals surface area contributed by atoms with Gasteiger partial charge in [-0.15, -0.1) is 0 Å². The molecule has 1 aromatic heterocycles. The Balaban J connectivity index is 1.57. The SMILES string of the molecule is COc1ccc(N2C(=O)CN(C(=O)c3cccc(-n4cccn4)c3)CC2(C)C)cc1. The molecule has 0 spiro atoms. The highest BCUT2D eigenvalue weighted by Gasteiger charge is 2.41. The Kier molecular flexibility index (Phi) is 5.03. The molecular weight excluding hydrogens is 380 g/mol. The number of nitrogens with zero attached hydrogens (tertiary/aromatic N) is 4. The normalized spacial score (nSPS) is 15.9.